The van der Waals surface area contributed by atoms with E-state index in [0.717, 1.165) is 37.9 Å². The summed E-state index contributed by atoms with van der Waals surface area (Å²) < 4.78 is 1.91. The molecule has 5 nitrogen and oxygen atoms in total. The molecule has 7 heteroatoms. The molecule has 2 heterocycles. The van der Waals surface area contributed by atoms with Gasteiger partial charge >= 0.3 is 0 Å². The molecular formula is C18H24Cl2N4O. The summed E-state index contributed by atoms with van der Waals surface area (Å²) in [6, 6.07) is 9.66. The van der Waals surface area contributed by atoms with Crippen molar-refractivity contribution in [1.82, 2.24) is 20.4 Å². The molecule has 1 fully saturated rings. The second-order valence-electron chi connectivity index (χ2n) is 6.17. The minimum Gasteiger partial charge on any atom is -0.344 e. The van der Waals surface area contributed by atoms with Crippen LogP contribution in [0.15, 0.2) is 36.5 Å². The topological polar surface area (TPSA) is 59.0 Å². The molecule has 136 valence electrons. The Kier molecular flexibility index (Phi) is 7.29. The van der Waals surface area contributed by atoms with Gasteiger partial charge in [0.25, 0.3) is 5.91 Å². The third-order valence-electron chi connectivity index (χ3n) is 4.47. The van der Waals surface area contributed by atoms with Crippen LogP contribution in [0.25, 0.3) is 0 Å². The molecule has 0 saturated carbocycles. The molecule has 1 aliphatic heterocycles. The summed E-state index contributed by atoms with van der Waals surface area (Å²) >= 11 is 5.93. The fraction of sp³-hybridized carbons (Fsp3) is 0.444. The zero-order valence-corrected chi connectivity index (χ0v) is 15.8. The van der Waals surface area contributed by atoms with Crippen molar-refractivity contribution < 1.29 is 4.79 Å². The lowest BCUT2D eigenvalue weighted by Gasteiger charge is -2.23. The Labute approximate surface area is 159 Å². The van der Waals surface area contributed by atoms with Gasteiger partial charge in [-0.15, -0.1) is 12.4 Å². The van der Waals surface area contributed by atoms with Crippen LogP contribution in [0.1, 0.15) is 54.3 Å². The van der Waals surface area contributed by atoms with Gasteiger partial charge < -0.3 is 10.6 Å². The third-order valence-corrected chi connectivity index (χ3v) is 4.72. The molecule has 1 amide bonds. The zero-order valence-electron chi connectivity index (χ0n) is 14.2. The van der Waals surface area contributed by atoms with E-state index in [2.05, 4.69) is 15.7 Å². The van der Waals surface area contributed by atoms with Gasteiger partial charge in [-0.25, -0.2) is 0 Å². The number of aromatic nitrogens is 2. The van der Waals surface area contributed by atoms with Crippen LogP contribution in [0.2, 0.25) is 5.02 Å². The van der Waals surface area contributed by atoms with Gasteiger partial charge in [0.15, 0.2) is 0 Å². The fourth-order valence-electron chi connectivity index (χ4n) is 3.07. The normalized spacial score (nSPS) is 18.2. The molecule has 0 spiro atoms. The second kappa shape index (κ2) is 9.22. The minimum absolute atomic E-state index is 0. The van der Waals surface area contributed by atoms with E-state index in [1.165, 1.54) is 0 Å². The third kappa shape index (κ3) is 4.97. The molecule has 2 atom stereocenters. The summed E-state index contributed by atoms with van der Waals surface area (Å²) in [5, 5.41) is 11.6. The molecule has 1 aromatic carbocycles. The highest BCUT2D eigenvalue weighted by molar-refractivity contribution is 6.30. The number of nitrogens with one attached hydrogen (secondary N) is 2. The number of nitrogens with zero attached hydrogens (tertiary/aromatic N) is 2. The Morgan fingerprint density at radius 3 is 2.80 bits per heavy atom. The molecule has 25 heavy (non-hydrogen) atoms. The lowest BCUT2D eigenvalue weighted by molar-refractivity contribution is 0.0929. The standard InChI is InChI=1S/C18H23ClN4O.ClH/c1-2-16(13-5-7-14(19)8-6-13)21-18(24)17-9-11-23(22-17)15-4-3-10-20-12-15;/h5-9,11,15-16,20H,2-4,10,12H2,1H3,(H,21,24);1H. The monoisotopic (exact) mass is 382 g/mol. The molecule has 2 N–H and O–H groups in total. The number of carbonyl (C=O) groups excluding carboxylic acids is 1. The Hall–Kier alpha value is -1.56. The largest absolute Gasteiger partial charge is 0.344 e. The van der Waals surface area contributed by atoms with Crippen molar-refractivity contribution in [2.24, 2.45) is 0 Å². The predicted octanol–water partition coefficient (Wildman–Crippen LogP) is 3.76. The quantitative estimate of drug-likeness (QED) is 0.827. The number of carbonyl (C=O) groups is 1. The summed E-state index contributed by atoms with van der Waals surface area (Å²) in [5.74, 6) is -0.140. The summed E-state index contributed by atoms with van der Waals surface area (Å²) in [6.07, 6.45) is 4.94. The zero-order chi connectivity index (χ0) is 16.9. The molecule has 3 rings (SSSR count). The lowest BCUT2D eigenvalue weighted by atomic mass is 10.0. The van der Waals surface area contributed by atoms with E-state index in [4.69, 9.17) is 11.6 Å². The highest BCUT2D eigenvalue weighted by Crippen LogP contribution is 2.20. The number of piperidine rings is 1. The number of rotatable bonds is 5. The van der Waals surface area contributed by atoms with Gasteiger partial charge in [-0.3, -0.25) is 9.48 Å². The van der Waals surface area contributed by atoms with Gasteiger partial charge in [0, 0.05) is 17.8 Å². The molecule has 2 aromatic rings. The smallest absolute Gasteiger partial charge is 0.272 e. The Morgan fingerprint density at radius 1 is 1.40 bits per heavy atom. The van der Waals surface area contributed by atoms with Gasteiger partial charge in [-0.1, -0.05) is 30.7 Å². The van der Waals surface area contributed by atoms with Gasteiger partial charge in [-0.05, 0) is 49.6 Å². The molecule has 0 bridgehead atoms. The number of benzene rings is 1. The average molecular weight is 383 g/mol. The molecule has 2 unspecified atom stereocenters. The summed E-state index contributed by atoms with van der Waals surface area (Å²) in [4.78, 5) is 12.5. The highest BCUT2D eigenvalue weighted by Gasteiger charge is 2.19. The van der Waals surface area contributed by atoms with Crippen LogP contribution in [0.3, 0.4) is 0 Å². The molecule has 1 aromatic heterocycles. The first-order valence-electron chi connectivity index (χ1n) is 8.49. The van der Waals surface area contributed by atoms with E-state index < -0.39 is 0 Å². The van der Waals surface area contributed by atoms with Crippen LogP contribution in [0.5, 0.6) is 0 Å². The van der Waals surface area contributed by atoms with Crippen LogP contribution in [0.4, 0.5) is 0 Å². The van der Waals surface area contributed by atoms with E-state index in [0.29, 0.717) is 16.8 Å². The van der Waals surface area contributed by atoms with Crippen LogP contribution >= 0.6 is 24.0 Å². The number of amides is 1. The van der Waals surface area contributed by atoms with Crippen molar-refractivity contribution in [3.8, 4) is 0 Å². The van der Waals surface area contributed by atoms with Crippen LogP contribution < -0.4 is 10.6 Å². The maximum Gasteiger partial charge on any atom is 0.272 e. The Morgan fingerprint density at radius 2 is 2.16 bits per heavy atom. The van der Waals surface area contributed by atoms with Gasteiger partial charge in [0.2, 0.25) is 0 Å². The van der Waals surface area contributed by atoms with Crippen molar-refractivity contribution in [2.75, 3.05) is 13.1 Å². The first kappa shape index (κ1) is 19.8. The van der Waals surface area contributed by atoms with E-state index in [1.54, 1.807) is 6.07 Å². The molecule has 0 radical (unpaired) electrons. The van der Waals surface area contributed by atoms with E-state index >= 15 is 0 Å². The van der Waals surface area contributed by atoms with Gasteiger partial charge in [0.1, 0.15) is 5.69 Å². The summed E-state index contributed by atoms with van der Waals surface area (Å²) in [7, 11) is 0. The van der Waals surface area contributed by atoms with Crippen molar-refractivity contribution in [1.29, 1.82) is 0 Å². The van der Waals surface area contributed by atoms with Crippen molar-refractivity contribution in [3.05, 3.63) is 52.8 Å². The summed E-state index contributed by atoms with van der Waals surface area (Å²) in [5.41, 5.74) is 1.51. The minimum atomic E-state index is -0.140. The SMILES string of the molecule is CCC(NC(=O)c1ccn(C2CCCNC2)n1)c1ccc(Cl)cc1.Cl. The van der Waals surface area contributed by atoms with E-state index in [1.807, 2.05) is 42.1 Å². The van der Waals surface area contributed by atoms with Crippen molar-refractivity contribution in [3.63, 3.8) is 0 Å². The summed E-state index contributed by atoms with van der Waals surface area (Å²) in [6.45, 7) is 4.02. The fourth-order valence-corrected chi connectivity index (χ4v) is 3.20. The maximum atomic E-state index is 12.5. The van der Waals surface area contributed by atoms with E-state index in [-0.39, 0.29) is 24.4 Å². The number of hydrogen-bond acceptors (Lipinski definition) is 3. The molecule has 1 saturated heterocycles. The Balaban J connectivity index is 0.00000225. The second-order valence-corrected chi connectivity index (χ2v) is 6.60. The van der Waals surface area contributed by atoms with Crippen molar-refractivity contribution in [2.45, 2.75) is 38.3 Å². The number of halogens is 2. The predicted molar refractivity (Wildman–Crippen MR) is 103 cm³/mol. The van der Waals surface area contributed by atoms with Crippen LogP contribution in [-0.4, -0.2) is 28.8 Å². The molecule has 0 aliphatic carbocycles. The van der Waals surface area contributed by atoms with Gasteiger partial charge in [-0.2, -0.15) is 5.10 Å². The maximum absolute atomic E-state index is 12.5. The van der Waals surface area contributed by atoms with Crippen molar-refractivity contribution >= 4 is 29.9 Å². The Bertz CT molecular complexity index is 681. The van der Waals surface area contributed by atoms with Gasteiger partial charge in [0.05, 0.1) is 12.1 Å². The molecular weight excluding hydrogens is 359 g/mol. The first-order valence-corrected chi connectivity index (χ1v) is 8.87. The van der Waals surface area contributed by atoms with Crippen LogP contribution in [0, 0.1) is 0 Å². The molecule has 1 aliphatic rings. The van der Waals surface area contributed by atoms with Crippen LogP contribution in [-0.2, 0) is 0 Å². The average Bonchev–Trinajstić information content (AvgIpc) is 3.11. The first-order chi connectivity index (χ1) is 11.7. The highest BCUT2D eigenvalue weighted by atomic mass is 35.5. The lowest BCUT2D eigenvalue weighted by Crippen LogP contribution is -2.32. The van der Waals surface area contributed by atoms with E-state index in [9.17, 15) is 4.79 Å². The number of hydrogen-bond donors (Lipinski definition) is 2.